The van der Waals surface area contributed by atoms with E-state index in [1.54, 1.807) is 7.11 Å². The highest BCUT2D eigenvalue weighted by Crippen LogP contribution is 2.19. The lowest BCUT2D eigenvalue weighted by Crippen LogP contribution is -2.42. The first-order valence-electron chi connectivity index (χ1n) is 7.14. The number of rotatable bonds is 5. The Bertz CT molecular complexity index is 630. The third kappa shape index (κ3) is 4.09. The molecule has 116 valence electrons. The zero-order valence-electron chi connectivity index (χ0n) is 13.1. The van der Waals surface area contributed by atoms with E-state index in [2.05, 4.69) is 5.32 Å². The summed E-state index contributed by atoms with van der Waals surface area (Å²) in [4.78, 5) is 12.3. The van der Waals surface area contributed by atoms with Crippen LogP contribution in [0.2, 0.25) is 0 Å². The molecular formula is C18H21NO3. The lowest BCUT2D eigenvalue weighted by molar-refractivity contribution is -0.132. The Kier molecular flexibility index (Phi) is 4.83. The minimum atomic E-state index is -1.49. The number of ether oxygens (including phenoxy) is 1. The molecule has 0 radical (unpaired) electrons. The molecule has 4 nitrogen and oxygen atoms in total. The maximum atomic E-state index is 12.3. The van der Waals surface area contributed by atoms with Crippen molar-refractivity contribution in [3.05, 3.63) is 59.7 Å². The molecule has 0 fully saturated rings. The van der Waals surface area contributed by atoms with E-state index in [0.717, 1.165) is 16.9 Å². The molecule has 0 bridgehead atoms. The van der Waals surface area contributed by atoms with Crippen LogP contribution in [0.15, 0.2) is 48.5 Å². The highest BCUT2D eigenvalue weighted by Gasteiger charge is 2.30. The van der Waals surface area contributed by atoms with E-state index >= 15 is 0 Å². The van der Waals surface area contributed by atoms with E-state index in [-0.39, 0.29) is 6.42 Å². The summed E-state index contributed by atoms with van der Waals surface area (Å²) >= 11 is 0. The van der Waals surface area contributed by atoms with Crippen LogP contribution in [0, 0.1) is 6.92 Å². The van der Waals surface area contributed by atoms with Crippen LogP contribution < -0.4 is 10.1 Å². The fourth-order valence-electron chi connectivity index (χ4n) is 2.12. The molecule has 0 aliphatic carbocycles. The van der Waals surface area contributed by atoms with E-state index in [1.807, 2.05) is 55.5 Å². The lowest BCUT2D eigenvalue weighted by atomic mass is 9.95. The van der Waals surface area contributed by atoms with Crippen molar-refractivity contribution in [1.82, 2.24) is 0 Å². The highest BCUT2D eigenvalue weighted by atomic mass is 16.5. The van der Waals surface area contributed by atoms with Gasteiger partial charge in [-0.25, -0.2) is 0 Å². The second-order valence-electron chi connectivity index (χ2n) is 5.62. The van der Waals surface area contributed by atoms with Crippen LogP contribution in [0.5, 0.6) is 5.75 Å². The molecular weight excluding hydrogens is 278 g/mol. The molecule has 0 aromatic heterocycles. The van der Waals surface area contributed by atoms with Crippen molar-refractivity contribution in [3.8, 4) is 5.75 Å². The molecule has 0 saturated heterocycles. The zero-order valence-corrected chi connectivity index (χ0v) is 13.1. The number of anilines is 1. The van der Waals surface area contributed by atoms with Gasteiger partial charge in [0, 0.05) is 12.1 Å². The van der Waals surface area contributed by atoms with Crippen LogP contribution in [0.1, 0.15) is 18.1 Å². The fourth-order valence-corrected chi connectivity index (χ4v) is 2.12. The second-order valence-corrected chi connectivity index (χ2v) is 5.62. The Labute approximate surface area is 130 Å². The molecule has 2 aromatic carbocycles. The van der Waals surface area contributed by atoms with Crippen molar-refractivity contribution >= 4 is 11.6 Å². The number of methoxy groups -OCH3 is 1. The van der Waals surface area contributed by atoms with Crippen molar-refractivity contribution in [1.29, 1.82) is 0 Å². The predicted molar refractivity (Wildman–Crippen MR) is 87.1 cm³/mol. The molecule has 2 aromatic rings. The number of aliphatic hydroxyl groups is 1. The molecule has 1 atom stereocenters. The summed E-state index contributed by atoms with van der Waals surface area (Å²) < 4.78 is 5.09. The first-order valence-corrected chi connectivity index (χ1v) is 7.14. The Hall–Kier alpha value is -2.33. The summed E-state index contributed by atoms with van der Waals surface area (Å²) in [6, 6.07) is 14.8. The molecule has 0 aliphatic rings. The first-order chi connectivity index (χ1) is 10.4. The maximum Gasteiger partial charge on any atom is 0.256 e. The van der Waals surface area contributed by atoms with Gasteiger partial charge < -0.3 is 15.2 Å². The van der Waals surface area contributed by atoms with Crippen molar-refractivity contribution < 1.29 is 14.6 Å². The number of hydrogen-bond donors (Lipinski definition) is 2. The van der Waals surface area contributed by atoms with E-state index in [0.29, 0.717) is 5.69 Å². The predicted octanol–water partition coefficient (Wildman–Crippen LogP) is 2.94. The molecule has 22 heavy (non-hydrogen) atoms. The Morgan fingerprint density at radius 1 is 1.14 bits per heavy atom. The number of carbonyl (C=O) groups is 1. The van der Waals surface area contributed by atoms with Crippen LogP contribution >= 0.6 is 0 Å². The van der Waals surface area contributed by atoms with Gasteiger partial charge in [-0.05, 0) is 43.7 Å². The third-order valence-electron chi connectivity index (χ3n) is 3.51. The molecule has 2 N–H and O–H groups in total. The smallest absolute Gasteiger partial charge is 0.256 e. The van der Waals surface area contributed by atoms with Gasteiger partial charge >= 0.3 is 0 Å². The summed E-state index contributed by atoms with van der Waals surface area (Å²) in [6.07, 6.45) is 0.231. The monoisotopic (exact) mass is 299 g/mol. The Morgan fingerprint density at radius 2 is 1.73 bits per heavy atom. The summed E-state index contributed by atoms with van der Waals surface area (Å²) in [6.45, 7) is 3.49. The third-order valence-corrected chi connectivity index (χ3v) is 3.51. The Balaban J connectivity index is 2.04. The summed E-state index contributed by atoms with van der Waals surface area (Å²) in [5.74, 6) is 0.319. The van der Waals surface area contributed by atoms with Crippen LogP contribution in [0.25, 0.3) is 0 Å². The van der Waals surface area contributed by atoms with Crippen molar-refractivity contribution in [3.63, 3.8) is 0 Å². The molecule has 0 saturated carbocycles. The van der Waals surface area contributed by atoms with E-state index in [4.69, 9.17) is 4.74 Å². The van der Waals surface area contributed by atoms with E-state index in [1.165, 1.54) is 6.92 Å². The van der Waals surface area contributed by atoms with Crippen LogP contribution in [0.3, 0.4) is 0 Å². The molecule has 4 heteroatoms. The van der Waals surface area contributed by atoms with Gasteiger partial charge in [0.2, 0.25) is 0 Å². The summed E-state index contributed by atoms with van der Waals surface area (Å²) in [5, 5.41) is 13.2. The minimum absolute atomic E-state index is 0.231. The molecule has 1 unspecified atom stereocenters. The Morgan fingerprint density at radius 3 is 2.27 bits per heavy atom. The van der Waals surface area contributed by atoms with Gasteiger partial charge in [0.25, 0.3) is 5.91 Å². The fraction of sp³-hybridized carbons (Fsp3) is 0.278. The van der Waals surface area contributed by atoms with Crippen LogP contribution in [0.4, 0.5) is 5.69 Å². The number of amides is 1. The van der Waals surface area contributed by atoms with Crippen LogP contribution in [-0.2, 0) is 11.2 Å². The van der Waals surface area contributed by atoms with Gasteiger partial charge in [0.15, 0.2) is 0 Å². The number of benzene rings is 2. The zero-order chi connectivity index (χ0) is 16.2. The van der Waals surface area contributed by atoms with E-state index in [9.17, 15) is 9.90 Å². The van der Waals surface area contributed by atoms with Crippen molar-refractivity contribution in [2.75, 3.05) is 12.4 Å². The van der Waals surface area contributed by atoms with Gasteiger partial charge in [-0.3, -0.25) is 4.79 Å². The highest BCUT2D eigenvalue weighted by molar-refractivity contribution is 5.97. The van der Waals surface area contributed by atoms with Gasteiger partial charge in [0.05, 0.1) is 7.11 Å². The quantitative estimate of drug-likeness (QED) is 0.892. The van der Waals surface area contributed by atoms with Crippen molar-refractivity contribution in [2.45, 2.75) is 25.9 Å². The summed E-state index contributed by atoms with van der Waals surface area (Å²) in [5.41, 5.74) is 1.16. The standard InChI is InChI=1S/C18H21NO3/c1-13-4-8-15(9-5-13)19-17(20)18(2,21)12-14-6-10-16(22-3)11-7-14/h4-11,21H,12H2,1-3H3,(H,19,20). The maximum absolute atomic E-state index is 12.3. The minimum Gasteiger partial charge on any atom is -0.497 e. The molecule has 0 spiro atoms. The van der Waals surface area contributed by atoms with Gasteiger partial charge in [-0.15, -0.1) is 0 Å². The van der Waals surface area contributed by atoms with Gasteiger partial charge in [0.1, 0.15) is 11.4 Å². The van der Waals surface area contributed by atoms with Crippen molar-refractivity contribution in [2.24, 2.45) is 0 Å². The molecule has 0 heterocycles. The SMILES string of the molecule is COc1ccc(CC(C)(O)C(=O)Nc2ccc(C)cc2)cc1. The number of aryl methyl sites for hydroxylation is 1. The van der Waals surface area contributed by atoms with E-state index < -0.39 is 11.5 Å². The number of carbonyl (C=O) groups excluding carboxylic acids is 1. The first kappa shape index (κ1) is 16.0. The topological polar surface area (TPSA) is 58.6 Å². The molecule has 0 aliphatic heterocycles. The lowest BCUT2D eigenvalue weighted by Gasteiger charge is -2.22. The molecule has 1 amide bonds. The average Bonchev–Trinajstić information content (AvgIpc) is 2.50. The normalized spacial score (nSPS) is 13.3. The van der Waals surface area contributed by atoms with Crippen LogP contribution in [-0.4, -0.2) is 23.7 Å². The second kappa shape index (κ2) is 6.62. The van der Waals surface area contributed by atoms with Gasteiger partial charge in [-0.2, -0.15) is 0 Å². The average molecular weight is 299 g/mol. The number of hydrogen-bond acceptors (Lipinski definition) is 3. The summed E-state index contributed by atoms with van der Waals surface area (Å²) in [7, 11) is 1.60. The largest absolute Gasteiger partial charge is 0.497 e. The molecule has 2 rings (SSSR count). The number of nitrogens with one attached hydrogen (secondary N) is 1. The van der Waals surface area contributed by atoms with Gasteiger partial charge in [-0.1, -0.05) is 29.8 Å².